The summed E-state index contributed by atoms with van der Waals surface area (Å²) in [6.45, 7) is 3.79. The summed E-state index contributed by atoms with van der Waals surface area (Å²) in [6, 6.07) is 7.45. The van der Waals surface area contributed by atoms with Crippen molar-refractivity contribution in [3.05, 3.63) is 35.9 Å². The van der Waals surface area contributed by atoms with Crippen LogP contribution in [0.25, 0.3) is 0 Å². The van der Waals surface area contributed by atoms with Gasteiger partial charge in [0.1, 0.15) is 6.04 Å². The van der Waals surface area contributed by atoms with E-state index >= 15 is 0 Å². The molecule has 1 amide bonds. The Hall–Kier alpha value is -1.89. The van der Waals surface area contributed by atoms with Gasteiger partial charge in [0.05, 0.1) is 17.4 Å². The lowest BCUT2D eigenvalue weighted by molar-refractivity contribution is -0.141. The van der Waals surface area contributed by atoms with Crippen molar-refractivity contribution in [2.45, 2.75) is 57.2 Å². The highest BCUT2D eigenvalue weighted by Gasteiger charge is 2.31. The smallest absolute Gasteiger partial charge is 0.327 e. The zero-order chi connectivity index (χ0) is 18.9. The molecule has 1 atom stereocenters. The van der Waals surface area contributed by atoms with E-state index < -0.39 is 38.8 Å². The maximum Gasteiger partial charge on any atom is 0.327 e. The second-order valence-corrected chi connectivity index (χ2v) is 8.48. The van der Waals surface area contributed by atoms with Gasteiger partial charge in [-0.1, -0.05) is 57.0 Å². The van der Waals surface area contributed by atoms with Crippen LogP contribution in [0.3, 0.4) is 0 Å². The van der Waals surface area contributed by atoms with Gasteiger partial charge in [0.25, 0.3) is 0 Å². The summed E-state index contributed by atoms with van der Waals surface area (Å²) in [5.41, 5.74) is 0.738. The normalized spacial score (nSPS) is 12.8. The number of carbonyl (C=O) groups excluding carboxylic acids is 1. The van der Waals surface area contributed by atoms with Crippen molar-refractivity contribution < 1.29 is 23.1 Å². The predicted octanol–water partition coefficient (Wildman–Crippen LogP) is 2.18. The number of hydrogen-bond donors (Lipinski definition) is 2. The van der Waals surface area contributed by atoms with Crippen molar-refractivity contribution in [3.63, 3.8) is 0 Å². The van der Waals surface area contributed by atoms with Gasteiger partial charge in [0.2, 0.25) is 5.91 Å². The minimum atomic E-state index is -3.60. The van der Waals surface area contributed by atoms with Crippen LogP contribution in [0.4, 0.5) is 0 Å². The van der Waals surface area contributed by atoms with E-state index in [4.69, 9.17) is 0 Å². The molecule has 0 aliphatic carbocycles. The van der Waals surface area contributed by atoms with Crippen LogP contribution in [0.15, 0.2) is 30.3 Å². The fourth-order valence-corrected chi connectivity index (χ4v) is 4.87. The highest BCUT2D eigenvalue weighted by Crippen LogP contribution is 2.17. The van der Waals surface area contributed by atoms with Gasteiger partial charge in [-0.25, -0.2) is 13.2 Å². The summed E-state index contributed by atoms with van der Waals surface area (Å²) in [5.74, 6) is -2.42. The fourth-order valence-electron chi connectivity index (χ4n) is 2.72. The number of nitrogens with one attached hydrogen (secondary N) is 1. The van der Waals surface area contributed by atoms with Gasteiger partial charge < -0.3 is 10.4 Å². The summed E-state index contributed by atoms with van der Waals surface area (Å²) in [5, 5.41) is 11.1. The Morgan fingerprint density at radius 1 is 1.08 bits per heavy atom. The Balaban J connectivity index is 2.78. The van der Waals surface area contributed by atoms with Crippen molar-refractivity contribution in [2.24, 2.45) is 0 Å². The van der Waals surface area contributed by atoms with Gasteiger partial charge in [0.15, 0.2) is 9.84 Å². The predicted molar refractivity (Wildman–Crippen MR) is 97.1 cm³/mol. The molecule has 1 aromatic carbocycles. The van der Waals surface area contributed by atoms with Crippen LogP contribution in [0.1, 0.15) is 45.1 Å². The molecule has 0 fully saturated rings. The molecular weight excluding hydrogens is 342 g/mol. The number of carboxylic acids is 1. The first kappa shape index (κ1) is 21.2. The molecule has 6 nitrogen and oxygen atoms in total. The van der Waals surface area contributed by atoms with Crippen molar-refractivity contribution in [2.75, 3.05) is 5.75 Å². The Bertz CT molecular complexity index is 651. The number of carboxylic acid groups (broad SMARTS) is 1. The summed E-state index contributed by atoms with van der Waals surface area (Å²) < 4.78 is 25.1. The molecule has 7 heteroatoms. The second kappa shape index (κ2) is 10.2. The van der Waals surface area contributed by atoms with Crippen molar-refractivity contribution in [1.82, 2.24) is 5.32 Å². The molecule has 0 unspecified atom stereocenters. The molecule has 0 saturated carbocycles. The molecule has 0 heterocycles. The molecule has 140 valence electrons. The van der Waals surface area contributed by atoms with E-state index in [-0.39, 0.29) is 6.42 Å². The minimum absolute atomic E-state index is 0.0119. The number of carbonyl (C=O) groups is 2. The molecule has 0 radical (unpaired) electrons. The SMILES string of the molecule is CCCC(CCC)S(=O)(=O)C[C@H](NC(=O)Cc1ccccc1)C(=O)O. The number of benzene rings is 1. The Morgan fingerprint density at radius 3 is 2.12 bits per heavy atom. The van der Waals surface area contributed by atoms with Crippen LogP contribution in [-0.4, -0.2) is 42.4 Å². The summed E-state index contributed by atoms with van der Waals surface area (Å²) >= 11 is 0. The summed E-state index contributed by atoms with van der Waals surface area (Å²) in [4.78, 5) is 23.5. The van der Waals surface area contributed by atoms with Crippen molar-refractivity contribution in [1.29, 1.82) is 0 Å². The van der Waals surface area contributed by atoms with Gasteiger partial charge >= 0.3 is 5.97 Å². The number of amides is 1. The lowest BCUT2D eigenvalue weighted by Gasteiger charge is -2.20. The number of rotatable bonds is 11. The van der Waals surface area contributed by atoms with E-state index in [1.807, 2.05) is 19.9 Å². The summed E-state index contributed by atoms with van der Waals surface area (Å²) in [7, 11) is -3.60. The van der Waals surface area contributed by atoms with Gasteiger partial charge in [-0.15, -0.1) is 0 Å². The van der Waals surface area contributed by atoms with E-state index in [0.29, 0.717) is 25.7 Å². The van der Waals surface area contributed by atoms with E-state index in [1.54, 1.807) is 24.3 Å². The van der Waals surface area contributed by atoms with Crippen LogP contribution in [-0.2, 0) is 25.8 Å². The highest BCUT2D eigenvalue weighted by molar-refractivity contribution is 7.92. The average molecular weight is 369 g/mol. The van der Waals surface area contributed by atoms with Crippen molar-refractivity contribution in [3.8, 4) is 0 Å². The first-order valence-electron chi connectivity index (χ1n) is 8.57. The Kier molecular flexibility index (Phi) is 8.61. The second-order valence-electron chi connectivity index (χ2n) is 6.15. The van der Waals surface area contributed by atoms with Gasteiger partial charge in [-0.2, -0.15) is 0 Å². The van der Waals surface area contributed by atoms with E-state index in [0.717, 1.165) is 5.56 Å². The third kappa shape index (κ3) is 7.25. The van der Waals surface area contributed by atoms with Crippen LogP contribution in [0, 0.1) is 0 Å². The van der Waals surface area contributed by atoms with Crippen molar-refractivity contribution >= 4 is 21.7 Å². The molecule has 1 rings (SSSR count). The fraction of sp³-hybridized carbons (Fsp3) is 0.556. The van der Waals surface area contributed by atoms with Gasteiger partial charge in [-0.05, 0) is 18.4 Å². The molecular formula is C18H27NO5S. The average Bonchev–Trinajstić information content (AvgIpc) is 2.54. The lowest BCUT2D eigenvalue weighted by atomic mass is 10.1. The third-order valence-electron chi connectivity index (χ3n) is 3.97. The van der Waals surface area contributed by atoms with E-state index in [2.05, 4.69) is 5.32 Å². The van der Waals surface area contributed by atoms with Crippen LogP contribution < -0.4 is 5.32 Å². The minimum Gasteiger partial charge on any atom is -0.480 e. The zero-order valence-electron chi connectivity index (χ0n) is 14.8. The molecule has 0 spiro atoms. The van der Waals surface area contributed by atoms with E-state index in [9.17, 15) is 23.1 Å². The molecule has 0 aliphatic heterocycles. The Labute approximate surface area is 149 Å². The van der Waals surface area contributed by atoms with E-state index in [1.165, 1.54) is 0 Å². The maximum absolute atomic E-state index is 12.6. The van der Waals surface area contributed by atoms with Gasteiger partial charge in [0, 0.05) is 0 Å². The number of hydrogen-bond acceptors (Lipinski definition) is 4. The molecule has 0 aliphatic rings. The molecule has 2 N–H and O–H groups in total. The third-order valence-corrected chi connectivity index (χ3v) is 6.25. The van der Waals surface area contributed by atoms with Crippen LogP contribution in [0.5, 0.6) is 0 Å². The maximum atomic E-state index is 12.6. The van der Waals surface area contributed by atoms with Crippen LogP contribution in [0.2, 0.25) is 0 Å². The largest absolute Gasteiger partial charge is 0.480 e. The summed E-state index contributed by atoms with van der Waals surface area (Å²) in [6.07, 6.45) is 2.43. The first-order chi connectivity index (χ1) is 11.8. The Morgan fingerprint density at radius 2 is 1.64 bits per heavy atom. The molecule has 0 aromatic heterocycles. The molecule has 1 aromatic rings. The molecule has 0 bridgehead atoms. The van der Waals surface area contributed by atoms with Crippen LogP contribution >= 0.6 is 0 Å². The van der Waals surface area contributed by atoms with Gasteiger partial charge in [-0.3, -0.25) is 4.79 Å². The standard InChI is InChI=1S/C18H27NO5S/c1-3-8-15(9-4-2)25(23,24)13-16(18(21)22)19-17(20)12-14-10-6-5-7-11-14/h5-7,10-11,15-16H,3-4,8-9,12-13H2,1-2H3,(H,19,20)(H,21,22)/t16-/m0/s1. The molecule has 0 saturated heterocycles. The number of sulfone groups is 1. The lowest BCUT2D eigenvalue weighted by Crippen LogP contribution is -2.47. The first-order valence-corrected chi connectivity index (χ1v) is 10.3. The highest BCUT2D eigenvalue weighted by atomic mass is 32.2. The zero-order valence-corrected chi connectivity index (χ0v) is 15.6. The monoisotopic (exact) mass is 369 g/mol. The molecule has 25 heavy (non-hydrogen) atoms. The topological polar surface area (TPSA) is 101 Å². The quantitative estimate of drug-likeness (QED) is 0.623. The number of aliphatic carboxylic acids is 1.